The Balaban J connectivity index is 1.45. The SMILES string of the molecule is C[C@]12CCC(=O)C=C1CC[C@@H]1[C@@H]2C(OC(=O)c2ccccc2)C[C@@]2(C)[C@H]1CC[C@]2(O)C(=O)COC(=O)CCC(=O)O. The Morgan fingerprint density at radius 2 is 1.73 bits per heavy atom. The van der Waals surface area contributed by atoms with E-state index in [1.165, 1.54) is 0 Å². The maximum Gasteiger partial charge on any atom is 0.338 e. The van der Waals surface area contributed by atoms with E-state index in [4.69, 9.17) is 14.6 Å². The first-order valence-corrected chi connectivity index (χ1v) is 14.5. The van der Waals surface area contributed by atoms with Gasteiger partial charge in [0.15, 0.2) is 12.4 Å². The largest absolute Gasteiger partial charge is 0.481 e. The van der Waals surface area contributed by atoms with Gasteiger partial charge in [0.05, 0.1) is 18.4 Å². The Labute approximate surface area is 239 Å². The van der Waals surface area contributed by atoms with Gasteiger partial charge in [0, 0.05) is 17.8 Å². The molecule has 2 N–H and O–H groups in total. The van der Waals surface area contributed by atoms with E-state index in [2.05, 4.69) is 6.92 Å². The van der Waals surface area contributed by atoms with Crippen LogP contribution in [0.5, 0.6) is 0 Å². The molecule has 1 aromatic rings. The lowest BCUT2D eigenvalue weighted by atomic mass is 9.45. The van der Waals surface area contributed by atoms with Gasteiger partial charge in [0.25, 0.3) is 0 Å². The predicted octanol–water partition coefficient (Wildman–Crippen LogP) is 4.06. The second-order valence-electron chi connectivity index (χ2n) is 12.7. The van der Waals surface area contributed by atoms with Crippen LogP contribution in [0.15, 0.2) is 42.0 Å². The van der Waals surface area contributed by atoms with Crippen molar-refractivity contribution in [2.24, 2.45) is 28.6 Å². The molecule has 3 saturated carbocycles. The van der Waals surface area contributed by atoms with Crippen LogP contribution in [0, 0.1) is 28.6 Å². The monoisotopic (exact) mass is 566 g/mol. The van der Waals surface area contributed by atoms with Gasteiger partial charge in [-0.15, -0.1) is 0 Å². The number of esters is 2. The Morgan fingerprint density at radius 1 is 1.00 bits per heavy atom. The minimum atomic E-state index is -1.80. The van der Waals surface area contributed by atoms with E-state index in [1.54, 1.807) is 30.3 Å². The molecule has 9 heteroatoms. The smallest absolute Gasteiger partial charge is 0.338 e. The average Bonchev–Trinajstić information content (AvgIpc) is 3.22. The number of rotatable bonds is 8. The van der Waals surface area contributed by atoms with Gasteiger partial charge in [0.2, 0.25) is 5.78 Å². The summed E-state index contributed by atoms with van der Waals surface area (Å²) in [6.07, 6.45) is 4.04. The molecule has 0 heterocycles. The lowest BCUT2D eigenvalue weighted by molar-refractivity contribution is -0.185. The van der Waals surface area contributed by atoms with Crippen molar-refractivity contribution >= 4 is 29.5 Å². The van der Waals surface area contributed by atoms with Crippen LogP contribution in [0.3, 0.4) is 0 Å². The number of carbonyl (C=O) groups excluding carboxylic acids is 4. The van der Waals surface area contributed by atoms with E-state index < -0.39 is 53.8 Å². The number of carboxylic acids is 1. The van der Waals surface area contributed by atoms with Crippen molar-refractivity contribution in [1.29, 1.82) is 0 Å². The first-order chi connectivity index (χ1) is 19.4. The third kappa shape index (κ3) is 5.02. The molecule has 4 aliphatic rings. The minimum Gasteiger partial charge on any atom is -0.481 e. The van der Waals surface area contributed by atoms with Gasteiger partial charge in [-0.05, 0) is 74.0 Å². The molecule has 0 spiro atoms. The molecule has 1 aromatic carbocycles. The maximum atomic E-state index is 13.5. The van der Waals surface area contributed by atoms with Gasteiger partial charge < -0.3 is 19.7 Å². The van der Waals surface area contributed by atoms with E-state index >= 15 is 0 Å². The number of aliphatic carboxylic acids is 1. The molecule has 0 saturated heterocycles. The van der Waals surface area contributed by atoms with Crippen molar-refractivity contribution in [2.75, 3.05) is 6.61 Å². The summed E-state index contributed by atoms with van der Waals surface area (Å²) in [5.74, 6) is -2.99. The van der Waals surface area contributed by atoms with Gasteiger partial charge in [-0.1, -0.05) is 37.6 Å². The molecule has 0 aliphatic heterocycles. The number of Topliss-reactive ketones (excluding diaryl/α,β-unsaturated/α-hetero) is 1. The molecular weight excluding hydrogens is 528 g/mol. The summed E-state index contributed by atoms with van der Waals surface area (Å²) < 4.78 is 11.3. The summed E-state index contributed by atoms with van der Waals surface area (Å²) in [5, 5.41) is 20.8. The Kier molecular flexibility index (Phi) is 7.70. The number of hydrogen-bond donors (Lipinski definition) is 2. The molecule has 1 unspecified atom stereocenters. The maximum absolute atomic E-state index is 13.5. The number of allylic oxidation sites excluding steroid dienone is 1. The number of carboxylic acid groups (broad SMARTS) is 1. The lowest BCUT2D eigenvalue weighted by Crippen LogP contribution is -2.62. The zero-order valence-corrected chi connectivity index (χ0v) is 23.6. The van der Waals surface area contributed by atoms with Crippen molar-refractivity contribution in [3.8, 4) is 0 Å². The number of carbonyl (C=O) groups is 5. The van der Waals surface area contributed by atoms with Crippen LogP contribution < -0.4 is 0 Å². The van der Waals surface area contributed by atoms with Crippen LogP contribution in [0.2, 0.25) is 0 Å². The molecule has 9 nitrogen and oxygen atoms in total. The van der Waals surface area contributed by atoms with Crippen LogP contribution in [-0.2, 0) is 28.7 Å². The highest BCUT2D eigenvalue weighted by Gasteiger charge is 2.69. The quantitative estimate of drug-likeness (QED) is 0.445. The molecule has 4 aliphatic carbocycles. The molecule has 0 bridgehead atoms. The van der Waals surface area contributed by atoms with Crippen molar-refractivity contribution in [1.82, 2.24) is 0 Å². The fraction of sp³-hybridized carbons (Fsp3) is 0.594. The zero-order valence-electron chi connectivity index (χ0n) is 23.6. The molecular formula is C32H38O9. The van der Waals surface area contributed by atoms with Crippen LogP contribution in [-0.4, -0.2) is 58.0 Å². The summed E-state index contributed by atoms with van der Waals surface area (Å²) in [6.45, 7) is 3.40. The van der Waals surface area contributed by atoms with E-state index in [9.17, 15) is 29.1 Å². The van der Waals surface area contributed by atoms with Crippen molar-refractivity contribution in [3.05, 3.63) is 47.5 Å². The molecule has 41 heavy (non-hydrogen) atoms. The second kappa shape index (κ2) is 10.8. The van der Waals surface area contributed by atoms with Crippen LogP contribution in [0.4, 0.5) is 0 Å². The summed E-state index contributed by atoms with van der Waals surface area (Å²) in [5.41, 5.74) is -1.57. The van der Waals surface area contributed by atoms with Crippen LogP contribution in [0.25, 0.3) is 0 Å². The van der Waals surface area contributed by atoms with E-state index in [0.717, 1.165) is 18.4 Å². The standard InChI is InChI=1S/C32H38O9/c1-30-14-12-21(33)16-20(30)8-9-22-23-13-15-32(39,25(34)18-40-27(37)11-10-26(35)36)31(23,2)17-24(28(22)30)41-29(38)19-6-4-3-5-7-19/h3-7,16,22-24,28,39H,8-15,17-18H2,1-2H3,(H,35,36)/t22-,23-,24?,28+,30-,31-,32-/m0/s1. The molecule has 220 valence electrons. The lowest BCUT2D eigenvalue weighted by Gasteiger charge is -2.60. The third-order valence-corrected chi connectivity index (χ3v) is 10.7. The predicted molar refractivity (Wildman–Crippen MR) is 146 cm³/mol. The van der Waals surface area contributed by atoms with E-state index in [0.29, 0.717) is 24.8 Å². The number of fused-ring (bicyclic) bond motifs is 5. The normalized spacial score (nSPS) is 35.8. The van der Waals surface area contributed by atoms with Gasteiger partial charge in [-0.2, -0.15) is 0 Å². The number of ether oxygens (including phenoxy) is 2. The highest BCUT2D eigenvalue weighted by molar-refractivity contribution is 5.92. The highest BCUT2D eigenvalue weighted by atomic mass is 16.5. The molecule has 5 rings (SSSR count). The van der Waals surface area contributed by atoms with Gasteiger partial charge in [0.1, 0.15) is 11.7 Å². The van der Waals surface area contributed by atoms with Crippen LogP contribution >= 0.6 is 0 Å². The minimum absolute atomic E-state index is 0.0353. The molecule has 0 amide bonds. The fourth-order valence-electron chi connectivity index (χ4n) is 8.55. The number of benzene rings is 1. The van der Waals surface area contributed by atoms with Crippen molar-refractivity contribution < 1.29 is 43.7 Å². The zero-order chi connectivity index (χ0) is 29.6. The second-order valence-corrected chi connectivity index (χ2v) is 12.7. The molecule has 0 aromatic heterocycles. The topological polar surface area (TPSA) is 144 Å². The fourth-order valence-corrected chi connectivity index (χ4v) is 8.55. The number of ketones is 2. The molecule has 3 fully saturated rings. The first kappa shape index (κ1) is 29.2. The number of aliphatic hydroxyl groups is 1. The van der Waals surface area contributed by atoms with Gasteiger partial charge in [-0.3, -0.25) is 19.2 Å². The summed E-state index contributed by atoms with van der Waals surface area (Å²) in [7, 11) is 0. The molecule has 7 atom stereocenters. The Hall–Kier alpha value is -3.33. The highest BCUT2D eigenvalue weighted by Crippen LogP contribution is 2.68. The average molecular weight is 567 g/mol. The summed E-state index contributed by atoms with van der Waals surface area (Å²) in [4.78, 5) is 62.0. The van der Waals surface area contributed by atoms with Crippen LogP contribution in [0.1, 0.15) is 82.0 Å². The third-order valence-electron chi connectivity index (χ3n) is 10.7. The van der Waals surface area contributed by atoms with Gasteiger partial charge >= 0.3 is 17.9 Å². The van der Waals surface area contributed by atoms with Gasteiger partial charge in [-0.25, -0.2) is 4.79 Å². The summed E-state index contributed by atoms with van der Waals surface area (Å²) >= 11 is 0. The Bertz CT molecular complexity index is 1290. The van der Waals surface area contributed by atoms with E-state index in [-0.39, 0.29) is 48.2 Å². The Morgan fingerprint density at radius 3 is 2.44 bits per heavy atom. The van der Waals surface area contributed by atoms with E-state index in [1.807, 2.05) is 13.0 Å². The van der Waals surface area contributed by atoms with Crippen molar-refractivity contribution in [3.63, 3.8) is 0 Å². The molecule has 0 radical (unpaired) electrons. The summed E-state index contributed by atoms with van der Waals surface area (Å²) in [6, 6.07) is 8.72. The van der Waals surface area contributed by atoms with Crippen molar-refractivity contribution in [2.45, 2.75) is 83.3 Å². The first-order valence-electron chi connectivity index (χ1n) is 14.5. The number of hydrogen-bond acceptors (Lipinski definition) is 8.